The van der Waals surface area contributed by atoms with Crippen LogP contribution in [0.5, 0.6) is 0 Å². The molecule has 0 aliphatic rings. The fourth-order valence-electron chi connectivity index (χ4n) is 2.00. The molecular weight excluding hydrogens is 293 g/mol. The molecule has 0 spiro atoms. The van der Waals surface area contributed by atoms with Crippen LogP contribution in [-0.4, -0.2) is 21.4 Å². The van der Waals surface area contributed by atoms with Crippen LogP contribution in [0.3, 0.4) is 0 Å². The molecule has 3 nitrogen and oxygen atoms in total. The van der Waals surface area contributed by atoms with Gasteiger partial charge in [0.05, 0.1) is 5.69 Å². The first kappa shape index (κ1) is 15.2. The number of halogens is 2. The van der Waals surface area contributed by atoms with Gasteiger partial charge in [-0.2, -0.15) is 0 Å². The van der Waals surface area contributed by atoms with Crippen molar-refractivity contribution in [2.45, 2.75) is 26.9 Å². The molecule has 0 unspecified atom stereocenters. The van der Waals surface area contributed by atoms with Crippen LogP contribution in [0.15, 0.2) is 30.3 Å². The number of rotatable bonds is 5. The van der Waals surface area contributed by atoms with Gasteiger partial charge in [0, 0.05) is 24.3 Å². The number of hydrogen-bond acceptors (Lipinski definition) is 3. The van der Waals surface area contributed by atoms with Crippen molar-refractivity contribution < 1.29 is 0 Å². The van der Waals surface area contributed by atoms with Gasteiger partial charge in [0.15, 0.2) is 0 Å². The second kappa shape index (κ2) is 7.02. The number of aryl methyl sites for hydroxylation is 1. The average Bonchev–Trinajstić information content (AvgIpc) is 2.41. The minimum absolute atomic E-state index is 0.419. The average molecular weight is 310 g/mol. The number of pyridine rings is 2. The molecule has 0 saturated carbocycles. The molecule has 106 valence electrons. The van der Waals surface area contributed by atoms with E-state index >= 15 is 0 Å². The minimum Gasteiger partial charge on any atom is -0.293 e. The standard InChI is InChI=1S/C15H17Cl2N3/c1-3-20(10-13-6-4-5-11(2)18-13)9-12-7-8-14(16)19-15(12)17/h4-8H,3,9-10H2,1-2H3. The van der Waals surface area contributed by atoms with Gasteiger partial charge in [-0.15, -0.1) is 0 Å². The van der Waals surface area contributed by atoms with Gasteiger partial charge in [-0.3, -0.25) is 9.88 Å². The first-order valence-corrected chi connectivity index (χ1v) is 7.30. The molecule has 2 heterocycles. The fourth-order valence-corrected chi connectivity index (χ4v) is 2.40. The van der Waals surface area contributed by atoms with Crippen molar-refractivity contribution in [2.75, 3.05) is 6.54 Å². The molecule has 2 aromatic heterocycles. The molecule has 0 bridgehead atoms. The maximum absolute atomic E-state index is 6.12. The van der Waals surface area contributed by atoms with Crippen LogP contribution in [0.25, 0.3) is 0 Å². The van der Waals surface area contributed by atoms with Crippen LogP contribution < -0.4 is 0 Å². The van der Waals surface area contributed by atoms with E-state index < -0.39 is 0 Å². The summed E-state index contributed by atoms with van der Waals surface area (Å²) in [6.07, 6.45) is 0. The zero-order valence-electron chi connectivity index (χ0n) is 11.6. The van der Waals surface area contributed by atoms with Crippen LogP contribution in [0.2, 0.25) is 10.3 Å². The predicted octanol–water partition coefficient (Wildman–Crippen LogP) is 4.11. The Morgan fingerprint density at radius 2 is 1.85 bits per heavy atom. The van der Waals surface area contributed by atoms with Crippen LogP contribution in [0.1, 0.15) is 23.9 Å². The summed E-state index contributed by atoms with van der Waals surface area (Å²) in [6, 6.07) is 9.75. The zero-order valence-corrected chi connectivity index (χ0v) is 13.1. The normalized spacial score (nSPS) is 11.1. The summed E-state index contributed by atoms with van der Waals surface area (Å²) < 4.78 is 0. The number of aromatic nitrogens is 2. The van der Waals surface area contributed by atoms with E-state index in [0.717, 1.165) is 36.6 Å². The third-order valence-electron chi connectivity index (χ3n) is 3.06. The Kier molecular flexibility index (Phi) is 5.35. The lowest BCUT2D eigenvalue weighted by Gasteiger charge is -2.20. The van der Waals surface area contributed by atoms with Crippen LogP contribution in [-0.2, 0) is 13.1 Å². The molecule has 0 aliphatic heterocycles. The maximum Gasteiger partial charge on any atom is 0.135 e. The summed E-state index contributed by atoms with van der Waals surface area (Å²) in [4.78, 5) is 10.9. The second-order valence-electron chi connectivity index (χ2n) is 4.66. The van der Waals surface area contributed by atoms with Gasteiger partial charge in [0.2, 0.25) is 0 Å². The molecule has 0 radical (unpaired) electrons. The Labute approximate surface area is 129 Å². The van der Waals surface area contributed by atoms with E-state index in [0.29, 0.717) is 10.3 Å². The Bertz CT molecular complexity index is 587. The van der Waals surface area contributed by atoms with Gasteiger partial charge in [0.25, 0.3) is 0 Å². The Morgan fingerprint density at radius 3 is 2.50 bits per heavy atom. The highest BCUT2D eigenvalue weighted by atomic mass is 35.5. The Morgan fingerprint density at radius 1 is 1.05 bits per heavy atom. The van der Waals surface area contributed by atoms with Crippen LogP contribution in [0.4, 0.5) is 0 Å². The highest BCUT2D eigenvalue weighted by Crippen LogP contribution is 2.19. The van der Waals surface area contributed by atoms with Crippen molar-refractivity contribution in [2.24, 2.45) is 0 Å². The van der Waals surface area contributed by atoms with Gasteiger partial charge in [-0.25, -0.2) is 4.98 Å². The highest BCUT2D eigenvalue weighted by molar-refractivity contribution is 6.32. The van der Waals surface area contributed by atoms with Crippen molar-refractivity contribution in [3.8, 4) is 0 Å². The molecule has 2 rings (SSSR count). The molecule has 0 saturated heterocycles. The van der Waals surface area contributed by atoms with E-state index in [-0.39, 0.29) is 0 Å². The molecule has 0 aromatic carbocycles. The maximum atomic E-state index is 6.12. The molecular formula is C15H17Cl2N3. The predicted molar refractivity (Wildman–Crippen MR) is 83.0 cm³/mol. The highest BCUT2D eigenvalue weighted by Gasteiger charge is 2.10. The third-order valence-corrected chi connectivity index (χ3v) is 3.60. The smallest absolute Gasteiger partial charge is 0.135 e. The van der Waals surface area contributed by atoms with Gasteiger partial charge in [0.1, 0.15) is 10.3 Å². The van der Waals surface area contributed by atoms with E-state index in [1.54, 1.807) is 6.07 Å². The van der Waals surface area contributed by atoms with E-state index in [2.05, 4.69) is 21.8 Å². The van der Waals surface area contributed by atoms with Crippen LogP contribution >= 0.6 is 23.2 Å². The lowest BCUT2D eigenvalue weighted by atomic mass is 10.2. The summed E-state index contributed by atoms with van der Waals surface area (Å²) in [5, 5.41) is 0.885. The molecule has 0 N–H and O–H groups in total. The third kappa shape index (κ3) is 4.17. The molecule has 2 aromatic rings. The quantitative estimate of drug-likeness (QED) is 0.778. The lowest BCUT2D eigenvalue weighted by Crippen LogP contribution is -2.23. The SMILES string of the molecule is CCN(Cc1cccc(C)n1)Cc1ccc(Cl)nc1Cl. The van der Waals surface area contributed by atoms with Crippen LogP contribution in [0, 0.1) is 6.92 Å². The van der Waals surface area contributed by atoms with E-state index in [1.807, 2.05) is 31.2 Å². The van der Waals surface area contributed by atoms with Crippen molar-refractivity contribution in [1.29, 1.82) is 0 Å². The molecule has 20 heavy (non-hydrogen) atoms. The molecule has 0 atom stereocenters. The van der Waals surface area contributed by atoms with E-state index in [1.165, 1.54) is 0 Å². The molecule has 0 fully saturated rings. The van der Waals surface area contributed by atoms with E-state index in [4.69, 9.17) is 23.2 Å². The zero-order chi connectivity index (χ0) is 14.5. The topological polar surface area (TPSA) is 29.0 Å². The first-order chi connectivity index (χ1) is 9.58. The number of hydrogen-bond donors (Lipinski definition) is 0. The monoisotopic (exact) mass is 309 g/mol. The van der Waals surface area contributed by atoms with E-state index in [9.17, 15) is 0 Å². The fraction of sp³-hybridized carbons (Fsp3) is 0.333. The largest absolute Gasteiger partial charge is 0.293 e. The first-order valence-electron chi connectivity index (χ1n) is 6.54. The molecule has 5 heteroatoms. The van der Waals surface area contributed by atoms with Crippen molar-refractivity contribution in [3.05, 3.63) is 57.6 Å². The van der Waals surface area contributed by atoms with Gasteiger partial charge in [-0.05, 0) is 31.7 Å². The number of nitrogens with zero attached hydrogens (tertiary/aromatic N) is 3. The van der Waals surface area contributed by atoms with Gasteiger partial charge < -0.3 is 0 Å². The van der Waals surface area contributed by atoms with Gasteiger partial charge >= 0.3 is 0 Å². The second-order valence-corrected chi connectivity index (χ2v) is 5.40. The Hall–Kier alpha value is -1.16. The lowest BCUT2D eigenvalue weighted by molar-refractivity contribution is 0.268. The minimum atomic E-state index is 0.419. The summed E-state index contributed by atoms with van der Waals surface area (Å²) >= 11 is 11.9. The Balaban J connectivity index is 2.09. The van der Waals surface area contributed by atoms with Crippen molar-refractivity contribution in [1.82, 2.24) is 14.9 Å². The summed E-state index contributed by atoms with van der Waals surface area (Å²) in [5.74, 6) is 0. The van der Waals surface area contributed by atoms with Crippen molar-refractivity contribution >= 4 is 23.2 Å². The van der Waals surface area contributed by atoms with Gasteiger partial charge in [-0.1, -0.05) is 42.3 Å². The van der Waals surface area contributed by atoms with Crippen molar-refractivity contribution in [3.63, 3.8) is 0 Å². The summed E-state index contributed by atoms with van der Waals surface area (Å²) in [6.45, 7) is 6.55. The summed E-state index contributed by atoms with van der Waals surface area (Å²) in [5.41, 5.74) is 3.07. The molecule has 0 aliphatic carbocycles. The molecule has 0 amide bonds. The summed E-state index contributed by atoms with van der Waals surface area (Å²) in [7, 11) is 0.